The van der Waals surface area contributed by atoms with E-state index in [4.69, 9.17) is 9.72 Å². The number of amides is 1. The average molecular weight is 588 g/mol. The fraction of sp³-hybridized carbons (Fsp3) is 0.324. The predicted octanol–water partition coefficient (Wildman–Crippen LogP) is 7.44. The highest BCUT2D eigenvalue weighted by Crippen LogP contribution is 2.45. The molecule has 0 unspecified atom stereocenters. The number of aromatic carboxylic acids is 1. The van der Waals surface area contributed by atoms with Crippen molar-refractivity contribution in [1.29, 1.82) is 0 Å². The molecule has 1 amide bonds. The van der Waals surface area contributed by atoms with E-state index in [-0.39, 0.29) is 18.0 Å². The maximum absolute atomic E-state index is 13.7. The minimum atomic E-state index is -0.971. The molecule has 5 aromatic rings. The van der Waals surface area contributed by atoms with E-state index < -0.39 is 5.97 Å². The number of nitrogens with zero attached hydrogens (tertiary/aromatic N) is 3. The number of hydrogen-bond acceptors (Lipinski definition) is 4. The first-order valence-corrected chi connectivity index (χ1v) is 15.7. The van der Waals surface area contributed by atoms with Gasteiger partial charge in [0, 0.05) is 29.4 Å². The van der Waals surface area contributed by atoms with Crippen LogP contribution in [0.25, 0.3) is 44.3 Å². The number of pyridine rings is 1. The maximum Gasteiger partial charge on any atom is 0.335 e. The molecule has 3 heterocycles. The van der Waals surface area contributed by atoms with Crippen molar-refractivity contribution in [2.24, 2.45) is 0 Å². The molecule has 2 aliphatic rings. The molecular weight excluding hydrogens is 550 g/mol. The summed E-state index contributed by atoms with van der Waals surface area (Å²) in [5.41, 5.74) is 8.42. The van der Waals surface area contributed by atoms with Gasteiger partial charge in [0.1, 0.15) is 6.54 Å². The molecule has 1 saturated carbocycles. The summed E-state index contributed by atoms with van der Waals surface area (Å²) in [6.45, 7) is 4.41. The number of aromatic nitrogens is 2. The van der Waals surface area contributed by atoms with Crippen LogP contribution in [0.1, 0.15) is 59.5 Å². The number of ether oxygens (including phenoxy) is 1. The Hall–Kier alpha value is -4.49. The van der Waals surface area contributed by atoms with Crippen molar-refractivity contribution in [2.45, 2.75) is 51.5 Å². The lowest BCUT2D eigenvalue weighted by atomic mass is 9.81. The van der Waals surface area contributed by atoms with Gasteiger partial charge in [-0.05, 0) is 67.1 Å². The summed E-state index contributed by atoms with van der Waals surface area (Å²) < 4.78 is 7.58. The highest BCUT2D eigenvalue weighted by Gasteiger charge is 2.29. The van der Waals surface area contributed by atoms with Gasteiger partial charge in [-0.25, -0.2) is 9.78 Å². The van der Waals surface area contributed by atoms with Crippen LogP contribution in [-0.4, -0.2) is 57.7 Å². The lowest BCUT2D eigenvalue weighted by Gasteiger charge is -2.28. The van der Waals surface area contributed by atoms with Crippen molar-refractivity contribution in [3.8, 4) is 22.5 Å². The molecule has 1 saturated heterocycles. The van der Waals surface area contributed by atoms with Crippen LogP contribution in [0.5, 0.6) is 0 Å². The van der Waals surface area contributed by atoms with Crippen molar-refractivity contribution in [1.82, 2.24) is 14.5 Å². The van der Waals surface area contributed by atoms with Crippen LogP contribution in [0, 0.1) is 6.92 Å². The molecular formula is C37H37N3O4. The quantitative estimate of drug-likeness (QED) is 0.223. The second-order valence-electron chi connectivity index (χ2n) is 12.2. The molecule has 2 aromatic heterocycles. The lowest BCUT2D eigenvalue weighted by molar-refractivity contribution is -0.135. The Morgan fingerprint density at radius 3 is 2.39 bits per heavy atom. The lowest BCUT2D eigenvalue weighted by Crippen LogP contribution is -2.42. The van der Waals surface area contributed by atoms with Gasteiger partial charge in [0.25, 0.3) is 0 Å². The van der Waals surface area contributed by atoms with Crippen LogP contribution in [0.15, 0.2) is 72.8 Å². The van der Waals surface area contributed by atoms with Crippen LogP contribution >= 0.6 is 0 Å². The van der Waals surface area contributed by atoms with E-state index in [0.717, 1.165) is 57.2 Å². The van der Waals surface area contributed by atoms with E-state index in [0.29, 0.717) is 32.2 Å². The molecule has 0 spiro atoms. The van der Waals surface area contributed by atoms with Crippen LogP contribution in [0.4, 0.5) is 0 Å². The number of fused-ring (bicyclic) bond motifs is 2. The number of benzene rings is 3. The normalized spacial score (nSPS) is 16.1. The van der Waals surface area contributed by atoms with Gasteiger partial charge in [0.15, 0.2) is 0 Å². The van der Waals surface area contributed by atoms with Crippen molar-refractivity contribution < 1.29 is 19.4 Å². The molecule has 2 fully saturated rings. The van der Waals surface area contributed by atoms with Gasteiger partial charge in [-0.1, -0.05) is 67.3 Å². The fourth-order valence-electron chi connectivity index (χ4n) is 7.00. The Balaban J connectivity index is 1.40. The number of hydrogen-bond donors (Lipinski definition) is 1. The first kappa shape index (κ1) is 28.3. The second-order valence-corrected chi connectivity index (χ2v) is 12.2. The molecule has 7 nitrogen and oxygen atoms in total. The summed E-state index contributed by atoms with van der Waals surface area (Å²) >= 11 is 0. The van der Waals surface area contributed by atoms with Crippen molar-refractivity contribution in [3.05, 3.63) is 89.5 Å². The SMILES string of the molecule is Cc1ccc(-c2ccc3cc(-c4c(C5CCCCC5)c5ccc(C(=O)O)cc5n4CC(=O)N4CCOCC4)ccc3n2)cc1. The van der Waals surface area contributed by atoms with Crippen molar-refractivity contribution in [2.75, 3.05) is 26.3 Å². The number of carboxylic acid groups (broad SMARTS) is 1. The minimum absolute atomic E-state index is 0.0209. The number of carboxylic acids is 1. The maximum atomic E-state index is 13.7. The third kappa shape index (κ3) is 5.37. The van der Waals surface area contributed by atoms with Gasteiger partial charge in [-0.3, -0.25) is 4.79 Å². The number of morpholine rings is 1. The zero-order chi connectivity index (χ0) is 30.2. The summed E-state index contributed by atoms with van der Waals surface area (Å²) in [6.07, 6.45) is 5.73. The number of carbonyl (C=O) groups excluding carboxylic acids is 1. The van der Waals surface area contributed by atoms with Gasteiger partial charge < -0.3 is 19.3 Å². The van der Waals surface area contributed by atoms with E-state index in [1.807, 2.05) is 11.0 Å². The van der Waals surface area contributed by atoms with Gasteiger partial charge in [-0.15, -0.1) is 0 Å². The van der Waals surface area contributed by atoms with E-state index in [2.05, 4.69) is 66.1 Å². The molecule has 7 heteroatoms. The predicted molar refractivity (Wildman–Crippen MR) is 173 cm³/mol. The first-order chi connectivity index (χ1) is 21.5. The van der Waals surface area contributed by atoms with E-state index in [9.17, 15) is 14.7 Å². The summed E-state index contributed by atoms with van der Waals surface area (Å²) in [6, 6.07) is 24.4. The van der Waals surface area contributed by atoms with Gasteiger partial charge in [0.2, 0.25) is 5.91 Å². The Labute approximate surface area is 257 Å². The molecule has 3 aromatic carbocycles. The van der Waals surface area contributed by atoms with Crippen LogP contribution < -0.4 is 0 Å². The summed E-state index contributed by atoms with van der Waals surface area (Å²) in [5.74, 6) is -0.608. The largest absolute Gasteiger partial charge is 0.478 e. The van der Waals surface area contributed by atoms with E-state index in [1.54, 1.807) is 12.1 Å². The standard InChI is InChI=1S/C37H37N3O4/c1-24-7-9-25(10-8-24)31-15-12-27-21-28(13-16-32(27)38-31)36-35(26-5-3-2-4-6-26)30-14-11-29(37(42)43)22-33(30)40(36)23-34(41)39-17-19-44-20-18-39/h7-16,21-22,26H,2-6,17-20,23H2,1H3,(H,42,43). The van der Waals surface area contributed by atoms with Gasteiger partial charge in [-0.2, -0.15) is 0 Å². The average Bonchev–Trinajstić information content (AvgIpc) is 3.38. The monoisotopic (exact) mass is 587 g/mol. The number of rotatable bonds is 6. The highest BCUT2D eigenvalue weighted by atomic mass is 16.5. The molecule has 0 bridgehead atoms. The summed E-state index contributed by atoms with van der Waals surface area (Å²) in [4.78, 5) is 32.6. The molecule has 224 valence electrons. The Morgan fingerprint density at radius 2 is 1.64 bits per heavy atom. The summed E-state index contributed by atoms with van der Waals surface area (Å²) in [5, 5.41) is 12.0. The Bertz CT molecular complexity index is 1860. The Kier molecular flexibility index (Phi) is 7.64. The molecule has 0 radical (unpaired) electrons. The third-order valence-electron chi connectivity index (χ3n) is 9.33. The summed E-state index contributed by atoms with van der Waals surface area (Å²) in [7, 11) is 0. The minimum Gasteiger partial charge on any atom is -0.478 e. The molecule has 1 N–H and O–H groups in total. The first-order valence-electron chi connectivity index (χ1n) is 15.7. The zero-order valence-electron chi connectivity index (χ0n) is 25.1. The van der Waals surface area contributed by atoms with Gasteiger partial charge in [0.05, 0.1) is 41.2 Å². The fourth-order valence-corrected chi connectivity index (χ4v) is 7.00. The zero-order valence-corrected chi connectivity index (χ0v) is 25.1. The van der Waals surface area contributed by atoms with Crippen LogP contribution in [0.3, 0.4) is 0 Å². The smallest absolute Gasteiger partial charge is 0.335 e. The van der Waals surface area contributed by atoms with Gasteiger partial charge >= 0.3 is 5.97 Å². The molecule has 1 aliphatic carbocycles. The molecule has 7 rings (SSSR count). The highest BCUT2D eigenvalue weighted by molar-refractivity contribution is 6.00. The van der Waals surface area contributed by atoms with Crippen molar-refractivity contribution >= 4 is 33.7 Å². The van der Waals surface area contributed by atoms with Crippen LogP contribution in [0.2, 0.25) is 0 Å². The Morgan fingerprint density at radius 1 is 0.886 bits per heavy atom. The molecule has 0 atom stereocenters. The van der Waals surface area contributed by atoms with Crippen molar-refractivity contribution in [3.63, 3.8) is 0 Å². The molecule has 44 heavy (non-hydrogen) atoms. The van der Waals surface area contributed by atoms with E-state index >= 15 is 0 Å². The third-order valence-corrected chi connectivity index (χ3v) is 9.33. The second kappa shape index (κ2) is 11.9. The van der Waals surface area contributed by atoms with Crippen LogP contribution in [-0.2, 0) is 16.1 Å². The number of carbonyl (C=O) groups is 2. The molecule has 1 aliphatic heterocycles. The van der Waals surface area contributed by atoms with E-state index in [1.165, 1.54) is 30.4 Å². The number of aryl methyl sites for hydroxylation is 1. The topological polar surface area (TPSA) is 84.7 Å².